The van der Waals surface area contributed by atoms with Crippen LogP contribution in [-0.4, -0.2) is 22.6 Å². The maximum absolute atomic E-state index is 12.2. The van der Waals surface area contributed by atoms with Gasteiger partial charge in [0.25, 0.3) is 0 Å². The van der Waals surface area contributed by atoms with E-state index < -0.39 is 22.6 Å². The third kappa shape index (κ3) is 2.91. The lowest BCUT2D eigenvalue weighted by Crippen LogP contribution is -2.35. The van der Waals surface area contributed by atoms with Crippen LogP contribution in [0.25, 0.3) is 0 Å². The van der Waals surface area contributed by atoms with Gasteiger partial charge in [-0.1, -0.05) is 46.3 Å². The first-order valence-electron chi connectivity index (χ1n) is 4.18. The molecule has 0 saturated carbocycles. The summed E-state index contributed by atoms with van der Waals surface area (Å²) in [5, 5.41) is 0. The Morgan fingerprint density at radius 1 is 1.12 bits per heavy atom. The average Bonchev–Trinajstić information content (AvgIpc) is 2.26. The summed E-state index contributed by atoms with van der Waals surface area (Å²) in [6, 6.07) is 7.11. The molecule has 0 spiro atoms. The SMILES string of the molecule is O=C(C(=O)C(Br)C(F)(F)F)c1ccccc1. The van der Waals surface area contributed by atoms with Crippen LogP contribution in [-0.2, 0) is 4.79 Å². The zero-order chi connectivity index (χ0) is 12.3. The van der Waals surface area contributed by atoms with Gasteiger partial charge in [-0.05, 0) is 0 Å². The molecule has 0 bridgehead atoms. The third-order valence-electron chi connectivity index (χ3n) is 1.78. The smallest absolute Gasteiger partial charge is 0.289 e. The first-order chi connectivity index (χ1) is 7.34. The average molecular weight is 295 g/mol. The lowest BCUT2D eigenvalue weighted by Gasteiger charge is -2.11. The van der Waals surface area contributed by atoms with Gasteiger partial charge in [0.1, 0.15) is 0 Å². The van der Waals surface area contributed by atoms with Gasteiger partial charge in [-0.2, -0.15) is 13.2 Å². The van der Waals surface area contributed by atoms with Gasteiger partial charge in [-0.25, -0.2) is 0 Å². The molecule has 6 heteroatoms. The first kappa shape index (κ1) is 12.9. The molecule has 1 aromatic rings. The Bertz CT molecular complexity index is 400. The molecule has 1 aromatic carbocycles. The predicted molar refractivity (Wildman–Crippen MR) is 54.5 cm³/mol. The van der Waals surface area contributed by atoms with Gasteiger partial charge < -0.3 is 0 Å². The fourth-order valence-electron chi connectivity index (χ4n) is 0.996. The topological polar surface area (TPSA) is 34.1 Å². The molecule has 0 saturated heterocycles. The van der Waals surface area contributed by atoms with Gasteiger partial charge in [0.15, 0.2) is 4.83 Å². The summed E-state index contributed by atoms with van der Waals surface area (Å²) in [5.74, 6) is -2.67. The van der Waals surface area contributed by atoms with E-state index in [0.717, 1.165) is 0 Å². The number of rotatable bonds is 3. The molecule has 0 N–H and O–H groups in total. The van der Waals surface area contributed by atoms with Crippen LogP contribution < -0.4 is 0 Å². The number of hydrogen-bond donors (Lipinski definition) is 0. The molecule has 0 aliphatic rings. The van der Waals surface area contributed by atoms with E-state index in [1.165, 1.54) is 24.3 Å². The summed E-state index contributed by atoms with van der Waals surface area (Å²) in [6.45, 7) is 0. The number of hydrogen-bond acceptors (Lipinski definition) is 2. The van der Waals surface area contributed by atoms with E-state index in [2.05, 4.69) is 15.9 Å². The molecule has 2 nitrogen and oxygen atoms in total. The van der Waals surface area contributed by atoms with Crippen molar-refractivity contribution in [3.8, 4) is 0 Å². The largest absolute Gasteiger partial charge is 0.408 e. The fourth-order valence-corrected chi connectivity index (χ4v) is 1.20. The van der Waals surface area contributed by atoms with Gasteiger partial charge in [0.2, 0.25) is 11.6 Å². The van der Waals surface area contributed by atoms with Crippen molar-refractivity contribution in [1.82, 2.24) is 0 Å². The van der Waals surface area contributed by atoms with Gasteiger partial charge in [0, 0.05) is 5.56 Å². The Balaban J connectivity index is 2.88. The number of ketones is 2. The molecule has 0 aromatic heterocycles. The van der Waals surface area contributed by atoms with Crippen LogP contribution in [0.3, 0.4) is 0 Å². The Hall–Kier alpha value is -1.17. The zero-order valence-electron chi connectivity index (χ0n) is 7.79. The minimum absolute atomic E-state index is 0.0544. The lowest BCUT2D eigenvalue weighted by molar-refractivity contribution is -0.144. The highest BCUT2D eigenvalue weighted by atomic mass is 79.9. The molecular formula is C10H6BrF3O2. The number of benzene rings is 1. The second-order valence-corrected chi connectivity index (χ2v) is 3.88. The van der Waals surface area contributed by atoms with Gasteiger partial charge in [-0.15, -0.1) is 0 Å². The zero-order valence-corrected chi connectivity index (χ0v) is 9.38. The highest BCUT2D eigenvalue weighted by Gasteiger charge is 2.45. The van der Waals surface area contributed by atoms with Crippen molar-refractivity contribution in [2.75, 3.05) is 0 Å². The summed E-state index contributed by atoms with van der Waals surface area (Å²) < 4.78 is 36.5. The molecule has 0 aliphatic heterocycles. The van der Waals surface area contributed by atoms with Crippen molar-refractivity contribution in [1.29, 1.82) is 0 Å². The maximum atomic E-state index is 12.2. The maximum Gasteiger partial charge on any atom is 0.408 e. The van der Waals surface area contributed by atoms with Gasteiger partial charge in [-0.3, -0.25) is 9.59 Å². The second kappa shape index (κ2) is 4.78. The normalized spacial score (nSPS) is 13.2. The van der Waals surface area contributed by atoms with E-state index in [1.54, 1.807) is 6.07 Å². The Kier molecular flexibility index (Phi) is 3.85. The number of carbonyl (C=O) groups excluding carboxylic acids is 2. The van der Waals surface area contributed by atoms with Crippen molar-refractivity contribution in [2.24, 2.45) is 0 Å². The monoisotopic (exact) mass is 294 g/mol. The van der Waals surface area contributed by atoms with Crippen molar-refractivity contribution < 1.29 is 22.8 Å². The highest BCUT2D eigenvalue weighted by Crippen LogP contribution is 2.27. The number of Topliss-reactive ketones (excluding diaryl/α,β-unsaturated/α-hetero) is 2. The summed E-state index contributed by atoms with van der Waals surface area (Å²) in [6.07, 6.45) is -4.76. The van der Waals surface area contributed by atoms with E-state index in [-0.39, 0.29) is 5.56 Å². The van der Waals surface area contributed by atoms with Crippen LogP contribution >= 0.6 is 15.9 Å². The number of halogens is 4. The Morgan fingerprint density at radius 3 is 2.06 bits per heavy atom. The Labute approximate surface area is 97.6 Å². The lowest BCUT2D eigenvalue weighted by atomic mass is 10.1. The van der Waals surface area contributed by atoms with Crippen LogP contribution in [0.5, 0.6) is 0 Å². The van der Waals surface area contributed by atoms with Crippen LogP contribution in [0.2, 0.25) is 0 Å². The van der Waals surface area contributed by atoms with Crippen molar-refractivity contribution >= 4 is 27.5 Å². The van der Waals surface area contributed by atoms with Crippen LogP contribution in [0.4, 0.5) is 13.2 Å². The molecule has 1 unspecified atom stereocenters. The van der Waals surface area contributed by atoms with Crippen LogP contribution in [0.15, 0.2) is 30.3 Å². The quantitative estimate of drug-likeness (QED) is 0.488. The third-order valence-corrected chi connectivity index (χ3v) is 2.71. The van der Waals surface area contributed by atoms with Crippen molar-refractivity contribution in [2.45, 2.75) is 11.0 Å². The molecular weight excluding hydrogens is 289 g/mol. The number of carbonyl (C=O) groups is 2. The van der Waals surface area contributed by atoms with Crippen molar-refractivity contribution in [3.63, 3.8) is 0 Å². The molecule has 0 amide bonds. The molecule has 16 heavy (non-hydrogen) atoms. The van der Waals surface area contributed by atoms with E-state index >= 15 is 0 Å². The molecule has 0 radical (unpaired) electrons. The second-order valence-electron chi connectivity index (χ2n) is 2.96. The van der Waals surface area contributed by atoms with Gasteiger partial charge in [0.05, 0.1) is 0 Å². The Morgan fingerprint density at radius 2 is 1.62 bits per heavy atom. The summed E-state index contributed by atoms with van der Waals surface area (Å²) >= 11 is 2.17. The van der Waals surface area contributed by atoms with E-state index in [1.807, 2.05) is 0 Å². The van der Waals surface area contributed by atoms with Gasteiger partial charge >= 0.3 is 6.18 Å². The minimum Gasteiger partial charge on any atom is -0.289 e. The molecule has 0 aliphatic carbocycles. The number of alkyl halides is 4. The van der Waals surface area contributed by atoms with Crippen LogP contribution in [0, 0.1) is 0 Å². The standard InChI is InChI=1S/C10H6BrF3O2/c11-9(10(12,13)14)8(16)7(15)6-4-2-1-3-5-6/h1-5,9H. The fraction of sp³-hybridized carbons (Fsp3) is 0.200. The molecule has 0 heterocycles. The van der Waals surface area contributed by atoms with Crippen LogP contribution in [0.1, 0.15) is 10.4 Å². The first-order valence-corrected chi connectivity index (χ1v) is 5.10. The highest BCUT2D eigenvalue weighted by molar-refractivity contribution is 9.10. The minimum atomic E-state index is -4.76. The van der Waals surface area contributed by atoms with E-state index in [0.29, 0.717) is 0 Å². The molecule has 86 valence electrons. The summed E-state index contributed by atoms with van der Waals surface area (Å²) in [4.78, 5) is 20.1. The summed E-state index contributed by atoms with van der Waals surface area (Å²) in [5.41, 5.74) is -0.0544. The predicted octanol–water partition coefficient (Wildman–Crippen LogP) is 2.76. The van der Waals surface area contributed by atoms with Crippen molar-refractivity contribution in [3.05, 3.63) is 35.9 Å². The summed E-state index contributed by atoms with van der Waals surface area (Å²) in [7, 11) is 0. The molecule has 1 atom stereocenters. The molecule has 1 rings (SSSR count). The van der Waals surface area contributed by atoms with E-state index in [4.69, 9.17) is 0 Å². The molecule has 0 fully saturated rings. The van der Waals surface area contributed by atoms with E-state index in [9.17, 15) is 22.8 Å².